The van der Waals surface area contributed by atoms with Crippen molar-refractivity contribution >= 4 is 35.1 Å². The second kappa shape index (κ2) is 13.9. The quantitative estimate of drug-likeness (QED) is 0.138. The average molecular weight is 663 g/mol. The molecule has 0 saturated heterocycles. The summed E-state index contributed by atoms with van der Waals surface area (Å²) in [6.07, 6.45) is 9.48. The van der Waals surface area contributed by atoms with Crippen LogP contribution in [0.5, 0.6) is 11.5 Å². The normalized spacial score (nSPS) is 10.6. The van der Waals surface area contributed by atoms with E-state index in [-0.39, 0.29) is 45.4 Å². The smallest absolute Gasteiger partial charge is 0.337 e. The van der Waals surface area contributed by atoms with E-state index in [1.54, 1.807) is 46.1 Å². The molecular weight excluding hydrogens is 640 g/mol. The van der Waals surface area contributed by atoms with E-state index in [1.807, 2.05) is 0 Å². The fraction of sp³-hybridized carbons (Fsp3) is 0.0323. The maximum absolute atomic E-state index is 12.7. The number of aromatic carboxylic acids is 2. The standard InChI is InChI=1S/C31H22N10O8/c42-28(24-5-7-26(38-36-24)40-11-9-32-15-40)34-22-3-1-18(13-20(22)30(44)45)48-17-49-19-2-4-23(21(14-19)31(46)47)35-29(43)25-6-8-27(39-37-25)41-12-10-33-16-41/h1-16H,17H2,(H,34,42)(H,35,43)(H,44,45)(H,46,47). The lowest BCUT2D eigenvalue weighted by Crippen LogP contribution is -2.17. The number of hydrogen-bond donors (Lipinski definition) is 4. The van der Waals surface area contributed by atoms with Gasteiger partial charge >= 0.3 is 11.9 Å². The van der Waals surface area contributed by atoms with Gasteiger partial charge in [-0.25, -0.2) is 19.6 Å². The van der Waals surface area contributed by atoms with Gasteiger partial charge < -0.3 is 30.3 Å². The fourth-order valence-electron chi connectivity index (χ4n) is 4.29. The number of amides is 2. The molecule has 0 spiro atoms. The molecule has 2 aromatic carbocycles. The largest absolute Gasteiger partial charge is 0.478 e. The van der Waals surface area contributed by atoms with Crippen LogP contribution in [0, 0.1) is 0 Å². The van der Waals surface area contributed by atoms with Gasteiger partial charge in [0.2, 0.25) is 6.79 Å². The SMILES string of the molecule is O=C(Nc1ccc(OCOc2ccc(NC(=O)c3ccc(-n4ccnc4)nn3)c(C(=O)O)c2)cc1C(=O)O)c1ccc(-n2ccnc2)nn1. The fourth-order valence-corrected chi connectivity index (χ4v) is 4.29. The van der Waals surface area contributed by atoms with Crippen LogP contribution in [0.2, 0.25) is 0 Å². The van der Waals surface area contributed by atoms with Crippen LogP contribution in [0.4, 0.5) is 11.4 Å². The highest BCUT2D eigenvalue weighted by Gasteiger charge is 2.18. The molecule has 0 radical (unpaired) electrons. The molecule has 0 saturated carbocycles. The van der Waals surface area contributed by atoms with Crippen LogP contribution in [0.25, 0.3) is 11.6 Å². The van der Waals surface area contributed by atoms with E-state index < -0.39 is 30.5 Å². The number of ether oxygens (including phenoxy) is 2. The van der Waals surface area contributed by atoms with Crippen LogP contribution in [0.15, 0.2) is 98.1 Å². The Morgan fingerprint density at radius 1 is 0.612 bits per heavy atom. The number of carbonyl (C=O) groups is 4. The number of rotatable bonds is 12. The van der Waals surface area contributed by atoms with E-state index in [4.69, 9.17) is 9.47 Å². The first kappa shape index (κ1) is 31.5. The minimum absolute atomic E-state index is 0.0184. The lowest BCUT2D eigenvalue weighted by atomic mass is 10.1. The predicted octanol–water partition coefficient (Wildman–Crippen LogP) is 2.95. The zero-order valence-corrected chi connectivity index (χ0v) is 24.9. The maximum Gasteiger partial charge on any atom is 0.337 e. The second-order valence-electron chi connectivity index (χ2n) is 9.83. The molecule has 6 aromatic rings. The molecule has 0 bridgehead atoms. The van der Waals surface area contributed by atoms with Gasteiger partial charge in [0.1, 0.15) is 24.2 Å². The van der Waals surface area contributed by atoms with Gasteiger partial charge in [0.05, 0.1) is 22.5 Å². The molecule has 0 atom stereocenters. The number of anilines is 2. The first-order valence-electron chi connectivity index (χ1n) is 14.0. The summed E-state index contributed by atoms with van der Waals surface area (Å²) >= 11 is 0. The molecule has 18 heteroatoms. The average Bonchev–Trinajstić information content (AvgIpc) is 3.85. The third-order valence-corrected chi connectivity index (χ3v) is 6.69. The number of benzene rings is 2. The van der Waals surface area contributed by atoms with Crippen molar-refractivity contribution in [2.24, 2.45) is 0 Å². The predicted molar refractivity (Wildman–Crippen MR) is 167 cm³/mol. The van der Waals surface area contributed by atoms with Crippen molar-refractivity contribution in [1.82, 2.24) is 39.5 Å². The van der Waals surface area contributed by atoms with Crippen LogP contribution in [0.3, 0.4) is 0 Å². The van der Waals surface area contributed by atoms with Crippen LogP contribution in [0.1, 0.15) is 41.7 Å². The number of imidazole rings is 2. The second-order valence-corrected chi connectivity index (χ2v) is 9.83. The summed E-state index contributed by atoms with van der Waals surface area (Å²) in [6, 6.07) is 13.8. The molecular formula is C31H22N10O8. The van der Waals surface area contributed by atoms with Crippen LogP contribution >= 0.6 is 0 Å². The molecule has 0 aliphatic carbocycles. The first-order valence-corrected chi connectivity index (χ1v) is 14.0. The van der Waals surface area contributed by atoms with Crippen molar-refractivity contribution in [3.63, 3.8) is 0 Å². The molecule has 0 aliphatic rings. The Balaban J connectivity index is 1.07. The minimum atomic E-state index is -1.34. The summed E-state index contributed by atoms with van der Waals surface area (Å²) < 4.78 is 14.2. The number of nitrogens with one attached hydrogen (secondary N) is 2. The summed E-state index contributed by atoms with van der Waals surface area (Å²) in [5, 5.41) is 40.2. The summed E-state index contributed by atoms with van der Waals surface area (Å²) in [5.41, 5.74) is -0.681. The van der Waals surface area contributed by atoms with Crippen LogP contribution < -0.4 is 20.1 Å². The topological polar surface area (TPSA) is 238 Å². The Hall–Kier alpha value is -7.50. The lowest BCUT2D eigenvalue weighted by Gasteiger charge is -2.13. The zero-order chi connectivity index (χ0) is 34.3. The van der Waals surface area contributed by atoms with Crippen molar-refractivity contribution in [3.05, 3.63) is 121 Å². The van der Waals surface area contributed by atoms with Crippen molar-refractivity contribution in [2.75, 3.05) is 17.4 Å². The third-order valence-electron chi connectivity index (χ3n) is 6.69. The Kier molecular flexibility index (Phi) is 8.91. The van der Waals surface area contributed by atoms with E-state index in [9.17, 15) is 29.4 Å². The Morgan fingerprint density at radius 3 is 1.41 bits per heavy atom. The Morgan fingerprint density at radius 2 is 1.06 bits per heavy atom. The Labute approximate surface area is 274 Å². The summed E-state index contributed by atoms with van der Waals surface area (Å²) in [7, 11) is 0. The van der Waals surface area contributed by atoms with Crippen molar-refractivity contribution in [1.29, 1.82) is 0 Å². The van der Waals surface area contributed by atoms with E-state index >= 15 is 0 Å². The number of carboxylic acid groups (broad SMARTS) is 2. The summed E-state index contributed by atoms with van der Waals surface area (Å²) in [6.45, 7) is -0.437. The van der Waals surface area contributed by atoms with Gasteiger partial charge in [-0.1, -0.05) is 0 Å². The van der Waals surface area contributed by atoms with Gasteiger partial charge in [0, 0.05) is 24.8 Å². The van der Waals surface area contributed by atoms with E-state index in [2.05, 4.69) is 41.0 Å². The monoisotopic (exact) mass is 662 g/mol. The van der Waals surface area contributed by atoms with Gasteiger partial charge in [0.15, 0.2) is 23.0 Å². The molecule has 18 nitrogen and oxygen atoms in total. The van der Waals surface area contributed by atoms with Crippen LogP contribution in [-0.4, -0.2) is 80.3 Å². The highest BCUT2D eigenvalue weighted by Crippen LogP contribution is 2.25. The van der Waals surface area contributed by atoms with Gasteiger partial charge in [-0.2, -0.15) is 0 Å². The molecule has 0 fully saturated rings. The van der Waals surface area contributed by atoms with Gasteiger partial charge in [0.25, 0.3) is 11.8 Å². The third kappa shape index (κ3) is 7.33. The Bertz CT molecular complexity index is 1980. The number of hydrogen-bond acceptors (Lipinski definition) is 12. The van der Waals surface area contributed by atoms with Crippen molar-refractivity contribution < 1.29 is 38.9 Å². The van der Waals surface area contributed by atoms with Gasteiger partial charge in [-0.15, -0.1) is 20.4 Å². The number of nitrogens with zero attached hydrogens (tertiary/aromatic N) is 8. The van der Waals surface area contributed by atoms with E-state index in [0.29, 0.717) is 11.6 Å². The van der Waals surface area contributed by atoms with E-state index in [0.717, 1.165) is 0 Å². The van der Waals surface area contributed by atoms with Crippen LogP contribution in [-0.2, 0) is 0 Å². The highest BCUT2D eigenvalue weighted by molar-refractivity contribution is 6.07. The van der Waals surface area contributed by atoms with E-state index in [1.165, 1.54) is 61.2 Å². The molecule has 0 aliphatic heterocycles. The molecule has 4 N–H and O–H groups in total. The number of carboxylic acids is 2. The molecule has 0 unspecified atom stereocenters. The maximum atomic E-state index is 12.7. The molecule has 6 rings (SSSR count). The highest BCUT2D eigenvalue weighted by atomic mass is 16.7. The number of carbonyl (C=O) groups excluding carboxylic acids is 2. The molecule has 2 amide bonds. The zero-order valence-electron chi connectivity index (χ0n) is 24.9. The molecule has 244 valence electrons. The first-order chi connectivity index (χ1) is 23.7. The molecule has 49 heavy (non-hydrogen) atoms. The summed E-state index contributed by atoms with van der Waals surface area (Å²) in [5.74, 6) is -3.01. The minimum Gasteiger partial charge on any atom is -0.478 e. The lowest BCUT2D eigenvalue weighted by molar-refractivity contribution is 0.0686. The molecule has 4 aromatic heterocycles. The van der Waals surface area contributed by atoms with Gasteiger partial charge in [-0.05, 0) is 60.7 Å². The van der Waals surface area contributed by atoms with Crippen molar-refractivity contribution in [3.8, 4) is 23.1 Å². The van der Waals surface area contributed by atoms with Gasteiger partial charge in [-0.3, -0.25) is 18.7 Å². The molecule has 4 heterocycles. The van der Waals surface area contributed by atoms with Crippen molar-refractivity contribution in [2.45, 2.75) is 0 Å². The summed E-state index contributed by atoms with van der Waals surface area (Å²) in [4.78, 5) is 57.2. The number of aromatic nitrogens is 8.